The zero-order valence-corrected chi connectivity index (χ0v) is 27.3. The topological polar surface area (TPSA) is 126 Å². The molecule has 0 fully saturated rings. The Morgan fingerprint density at radius 1 is 0.733 bits per heavy atom. The van der Waals surface area contributed by atoms with E-state index >= 15 is 0 Å². The molecule has 1 aromatic heterocycles. The van der Waals surface area contributed by atoms with Gasteiger partial charge in [-0.3, -0.25) is 9.59 Å². The van der Waals surface area contributed by atoms with Crippen molar-refractivity contribution in [1.29, 1.82) is 0 Å². The predicted molar refractivity (Wildman–Crippen MR) is 178 cm³/mol. The largest absolute Gasteiger partial charge is 0.512 e. The monoisotopic (exact) mass is 608 g/mol. The Bertz CT molecular complexity index is 1930. The van der Waals surface area contributed by atoms with Crippen molar-refractivity contribution in [2.75, 3.05) is 14.2 Å². The fourth-order valence-electron chi connectivity index (χ4n) is 6.29. The summed E-state index contributed by atoms with van der Waals surface area (Å²) in [6.07, 6.45) is 10.0. The third-order valence-corrected chi connectivity index (χ3v) is 8.92. The fraction of sp³-hybridized carbons (Fsp3) is 0.361. The maximum absolute atomic E-state index is 12.2. The van der Waals surface area contributed by atoms with Gasteiger partial charge in [-0.25, -0.2) is 15.0 Å². The molecule has 0 saturated carbocycles. The number of hydrogen-bond acceptors (Lipinski definition) is 8. The highest BCUT2D eigenvalue weighted by molar-refractivity contribution is 6.24. The normalized spacial score (nSPS) is 18.2. The summed E-state index contributed by atoms with van der Waals surface area (Å²) in [6.45, 7) is 11.9. The van der Waals surface area contributed by atoms with Crippen molar-refractivity contribution in [3.8, 4) is 0 Å². The van der Waals surface area contributed by atoms with Crippen molar-refractivity contribution in [2.45, 2.75) is 73.6 Å². The van der Waals surface area contributed by atoms with Crippen molar-refractivity contribution in [1.82, 2.24) is 4.98 Å². The average Bonchev–Trinajstić information content (AvgIpc) is 3.67. The fourth-order valence-corrected chi connectivity index (χ4v) is 6.29. The zero-order valence-electron chi connectivity index (χ0n) is 27.3. The Hall–Kier alpha value is -4.79. The number of aromatic nitrogens is 1. The van der Waals surface area contributed by atoms with E-state index in [1.165, 1.54) is 14.2 Å². The molecule has 0 aliphatic carbocycles. The number of carbonyl (C=O) groups is 2. The second-order valence-electron chi connectivity index (χ2n) is 11.6. The first kappa shape index (κ1) is 31.6. The SMILES string of the molecule is CCC1=C(C)C2=CC3=NC(=CC4=NC(=Cc5[nH]c(/c(=C(/C)O)c5C)=CC1=N2)C(C)=C4CCC(=O)OC)C(CCC(=O)OC)=C3C. The van der Waals surface area contributed by atoms with Crippen LogP contribution in [0.15, 0.2) is 77.7 Å². The maximum atomic E-state index is 12.2. The van der Waals surface area contributed by atoms with Gasteiger partial charge in [-0.15, -0.1) is 0 Å². The molecule has 0 unspecified atom stereocenters. The molecule has 5 rings (SSSR count). The van der Waals surface area contributed by atoms with E-state index in [1.807, 2.05) is 45.1 Å². The van der Waals surface area contributed by atoms with Gasteiger partial charge in [0.1, 0.15) is 0 Å². The summed E-state index contributed by atoms with van der Waals surface area (Å²) in [6, 6.07) is 0. The lowest BCUT2D eigenvalue weighted by Gasteiger charge is -2.08. The molecular formula is C36H40N4O5. The van der Waals surface area contributed by atoms with Crippen molar-refractivity contribution < 1.29 is 24.2 Å². The average molecular weight is 609 g/mol. The van der Waals surface area contributed by atoms with Crippen LogP contribution in [-0.2, 0) is 19.1 Å². The van der Waals surface area contributed by atoms with Crippen LogP contribution in [0.2, 0.25) is 0 Å². The number of aliphatic hydroxyl groups excluding tert-OH is 1. The predicted octanol–water partition coefficient (Wildman–Crippen LogP) is 5.54. The Kier molecular flexibility index (Phi) is 8.91. The van der Waals surface area contributed by atoms with Gasteiger partial charge in [0.25, 0.3) is 0 Å². The third kappa shape index (κ3) is 5.99. The molecule has 0 spiro atoms. The lowest BCUT2D eigenvalue weighted by atomic mass is 9.96. The summed E-state index contributed by atoms with van der Waals surface area (Å²) >= 11 is 0. The van der Waals surface area contributed by atoms with Crippen LogP contribution in [0.1, 0.15) is 78.0 Å². The highest BCUT2D eigenvalue weighted by Crippen LogP contribution is 2.36. The summed E-state index contributed by atoms with van der Waals surface area (Å²) in [7, 11) is 2.77. The molecule has 2 N–H and O–H groups in total. The zero-order chi connectivity index (χ0) is 32.6. The van der Waals surface area contributed by atoms with E-state index in [2.05, 4.69) is 18.8 Å². The molecule has 9 heteroatoms. The lowest BCUT2D eigenvalue weighted by molar-refractivity contribution is -0.141. The minimum Gasteiger partial charge on any atom is -0.512 e. The molecule has 0 saturated heterocycles. The summed E-state index contributed by atoms with van der Waals surface area (Å²) in [5, 5.41) is 12.2. The number of nitrogens with one attached hydrogen (secondary N) is 1. The van der Waals surface area contributed by atoms with Crippen LogP contribution in [0.25, 0.3) is 17.9 Å². The first-order valence-electron chi connectivity index (χ1n) is 15.2. The quantitative estimate of drug-likeness (QED) is 0.393. The maximum Gasteiger partial charge on any atom is 0.305 e. The molecule has 4 aliphatic heterocycles. The first-order chi connectivity index (χ1) is 21.5. The van der Waals surface area contributed by atoms with E-state index in [9.17, 15) is 14.7 Å². The van der Waals surface area contributed by atoms with Gasteiger partial charge >= 0.3 is 11.9 Å². The highest BCUT2D eigenvalue weighted by Gasteiger charge is 2.27. The van der Waals surface area contributed by atoms with Gasteiger partial charge in [-0.05, 0) is 117 Å². The van der Waals surface area contributed by atoms with Crippen molar-refractivity contribution in [3.05, 3.63) is 84.5 Å². The number of aromatic amines is 1. The van der Waals surface area contributed by atoms with E-state index < -0.39 is 0 Å². The molecule has 0 aromatic carbocycles. The van der Waals surface area contributed by atoms with Gasteiger partial charge in [0, 0.05) is 23.8 Å². The van der Waals surface area contributed by atoms with E-state index in [-0.39, 0.29) is 30.5 Å². The van der Waals surface area contributed by atoms with Gasteiger partial charge in [0.05, 0.1) is 59.6 Å². The number of carbonyl (C=O) groups excluding carboxylic acids is 2. The number of fused-ring (bicyclic) bond motifs is 5. The van der Waals surface area contributed by atoms with E-state index in [0.29, 0.717) is 18.6 Å². The number of hydrogen-bond donors (Lipinski definition) is 2. The molecule has 4 aliphatic rings. The van der Waals surface area contributed by atoms with Gasteiger partial charge in [0.15, 0.2) is 0 Å². The van der Waals surface area contributed by atoms with Crippen molar-refractivity contribution in [3.63, 3.8) is 0 Å². The number of nitrogens with zero attached hydrogens (tertiary/aromatic N) is 3. The van der Waals surface area contributed by atoms with Gasteiger partial charge < -0.3 is 19.6 Å². The summed E-state index contributed by atoms with van der Waals surface area (Å²) in [5.74, 6) is -0.380. The van der Waals surface area contributed by atoms with Crippen LogP contribution in [0.5, 0.6) is 0 Å². The Labute approximate surface area is 263 Å². The summed E-state index contributed by atoms with van der Waals surface area (Å²) in [5.41, 5.74) is 12.3. The lowest BCUT2D eigenvalue weighted by Crippen LogP contribution is -2.27. The second-order valence-corrected chi connectivity index (χ2v) is 11.6. The van der Waals surface area contributed by atoms with Crippen LogP contribution in [-0.4, -0.2) is 53.4 Å². The molecule has 1 aromatic rings. The van der Waals surface area contributed by atoms with E-state index in [4.69, 9.17) is 24.5 Å². The number of rotatable bonds is 7. The minimum atomic E-state index is -0.300. The van der Waals surface area contributed by atoms with Crippen LogP contribution in [0.3, 0.4) is 0 Å². The summed E-state index contributed by atoms with van der Waals surface area (Å²) in [4.78, 5) is 43.0. The molecule has 0 radical (unpaired) electrons. The Morgan fingerprint density at radius 3 is 1.87 bits per heavy atom. The van der Waals surface area contributed by atoms with Gasteiger partial charge in [-0.2, -0.15) is 0 Å². The number of H-pyrrole nitrogens is 1. The molecule has 9 nitrogen and oxygen atoms in total. The van der Waals surface area contributed by atoms with Crippen molar-refractivity contribution in [2.24, 2.45) is 15.0 Å². The number of aliphatic imine (C=N–C) groups is 3. The third-order valence-electron chi connectivity index (χ3n) is 8.92. The minimum absolute atomic E-state index is 0.207. The molecule has 234 valence electrons. The Morgan fingerprint density at radius 2 is 1.27 bits per heavy atom. The van der Waals surface area contributed by atoms with E-state index in [0.717, 1.165) is 90.2 Å². The second kappa shape index (κ2) is 12.7. The number of esters is 2. The highest BCUT2D eigenvalue weighted by atomic mass is 16.5. The first-order valence-corrected chi connectivity index (χ1v) is 15.2. The van der Waals surface area contributed by atoms with Crippen LogP contribution in [0.4, 0.5) is 0 Å². The van der Waals surface area contributed by atoms with Crippen LogP contribution < -0.4 is 10.6 Å². The standard InChI is InChI=1S/C36H40N4O5/c1-9-23-18(2)26-14-27-19(3)24(10-12-34(42)44-7)31(38-27)16-32-25(11-13-35(43)45-8)20(4)28(39-32)15-29-21(5)36(22(6)41)33(40-29)17-30(23)37-26/h14-17,40-41H,9-13H2,1-8H3/b26-14?,28-15?,31-16?,33-17?,36-22-. The molecule has 8 bridgehead atoms. The molecular weight excluding hydrogens is 568 g/mol. The molecule has 45 heavy (non-hydrogen) atoms. The smallest absolute Gasteiger partial charge is 0.305 e. The number of methoxy groups -OCH3 is 2. The summed E-state index contributed by atoms with van der Waals surface area (Å²) < 4.78 is 9.87. The van der Waals surface area contributed by atoms with Crippen molar-refractivity contribution >= 4 is 47.0 Å². The van der Waals surface area contributed by atoms with Gasteiger partial charge in [0.2, 0.25) is 0 Å². The van der Waals surface area contributed by atoms with Gasteiger partial charge in [-0.1, -0.05) is 6.92 Å². The number of allylic oxidation sites excluding steroid dienone is 8. The Balaban J connectivity index is 1.80. The molecule has 5 heterocycles. The number of aliphatic hydroxyl groups is 1. The molecule has 0 atom stereocenters. The van der Waals surface area contributed by atoms with Crippen LogP contribution in [0, 0.1) is 6.92 Å². The molecule has 0 amide bonds. The number of ether oxygens (including phenoxy) is 2. The van der Waals surface area contributed by atoms with E-state index in [1.54, 1.807) is 6.92 Å². The van der Waals surface area contributed by atoms with Crippen LogP contribution >= 0.6 is 0 Å².